The smallest absolute Gasteiger partial charge is 0.305 e. The van der Waals surface area contributed by atoms with E-state index < -0.39 is 0 Å². The van der Waals surface area contributed by atoms with Gasteiger partial charge in [-0.05, 0) is 49.5 Å². The topological polar surface area (TPSA) is 65.2 Å². The quantitative estimate of drug-likeness (QED) is 0.894. The molecule has 5 nitrogen and oxygen atoms in total. The third-order valence-electron chi connectivity index (χ3n) is 4.46. The van der Waals surface area contributed by atoms with Gasteiger partial charge >= 0.3 is 4.87 Å². The maximum Gasteiger partial charge on any atom is 0.305 e. The van der Waals surface area contributed by atoms with E-state index in [0.717, 1.165) is 47.4 Å². The first-order valence-electron chi connectivity index (χ1n) is 8.33. The number of piperidine rings is 1. The van der Waals surface area contributed by atoms with Gasteiger partial charge in [-0.15, -0.1) is 0 Å². The fraction of sp³-hybridized carbons (Fsp3) is 0.444. The van der Waals surface area contributed by atoms with Crippen molar-refractivity contribution in [3.8, 4) is 11.3 Å². The molecule has 2 N–H and O–H groups in total. The molecule has 3 rings (SSSR count). The highest BCUT2D eigenvalue weighted by molar-refractivity contribution is 7.09. The van der Waals surface area contributed by atoms with Crippen LogP contribution in [0.15, 0.2) is 29.1 Å². The largest absolute Gasteiger partial charge is 0.326 e. The molecule has 0 aliphatic carbocycles. The molecule has 0 saturated carbocycles. The average molecular weight is 345 g/mol. The van der Waals surface area contributed by atoms with Crippen molar-refractivity contribution in [3.63, 3.8) is 0 Å². The molecule has 0 bridgehead atoms. The number of nitrogens with one attached hydrogen (secondary N) is 2. The average Bonchev–Trinajstić information content (AvgIpc) is 2.90. The summed E-state index contributed by atoms with van der Waals surface area (Å²) < 4.78 is 0. The number of likely N-dealkylation sites (tertiary alicyclic amines) is 1. The first kappa shape index (κ1) is 16.9. The summed E-state index contributed by atoms with van der Waals surface area (Å²) in [6, 6.07) is 7.59. The summed E-state index contributed by atoms with van der Waals surface area (Å²) in [7, 11) is 0. The highest BCUT2D eigenvalue weighted by atomic mass is 32.1. The summed E-state index contributed by atoms with van der Waals surface area (Å²) in [6.07, 6.45) is 2.44. The first-order chi connectivity index (χ1) is 11.5. The minimum absolute atomic E-state index is 0.0173. The van der Waals surface area contributed by atoms with Gasteiger partial charge in [0, 0.05) is 24.0 Å². The van der Waals surface area contributed by atoms with Gasteiger partial charge in [0.25, 0.3) is 0 Å². The molecule has 1 aromatic carbocycles. The number of carbonyl (C=O) groups excluding carboxylic acids is 1. The monoisotopic (exact) mass is 345 g/mol. The Morgan fingerprint density at radius 2 is 1.96 bits per heavy atom. The Labute approximate surface area is 145 Å². The summed E-state index contributed by atoms with van der Waals surface area (Å²) in [4.78, 5) is 29.4. The third kappa shape index (κ3) is 4.13. The second-order valence-corrected chi connectivity index (χ2v) is 7.60. The molecule has 0 radical (unpaired) electrons. The number of amides is 1. The number of H-pyrrole nitrogens is 1. The Morgan fingerprint density at radius 1 is 1.29 bits per heavy atom. The van der Waals surface area contributed by atoms with E-state index in [-0.39, 0.29) is 10.8 Å². The van der Waals surface area contributed by atoms with E-state index in [1.807, 2.05) is 24.3 Å². The molecule has 1 saturated heterocycles. The minimum atomic E-state index is -0.0910. The molecule has 2 heterocycles. The lowest BCUT2D eigenvalue weighted by atomic mass is 9.99. The van der Waals surface area contributed by atoms with Crippen LogP contribution in [0.2, 0.25) is 0 Å². The van der Waals surface area contributed by atoms with Crippen LogP contribution in [-0.4, -0.2) is 28.9 Å². The van der Waals surface area contributed by atoms with E-state index in [2.05, 4.69) is 22.1 Å². The summed E-state index contributed by atoms with van der Waals surface area (Å²) in [6.45, 7) is 6.79. The molecule has 1 fully saturated rings. The molecule has 0 unspecified atom stereocenters. The molecule has 1 aliphatic heterocycles. The highest BCUT2D eigenvalue weighted by Gasteiger charge is 2.19. The second-order valence-electron chi connectivity index (χ2n) is 6.53. The summed E-state index contributed by atoms with van der Waals surface area (Å²) in [5, 5.41) is 2.76. The van der Waals surface area contributed by atoms with Gasteiger partial charge in [-0.2, -0.15) is 0 Å². The number of anilines is 1. The molecule has 128 valence electrons. The Balaban J connectivity index is 1.78. The van der Waals surface area contributed by atoms with Crippen LogP contribution in [0.5, 0.6) is 0 Å². The number of carbonyl (C=O) groups is 1. The molecule has 6 heteroatoms. The Hall–Kier alpha value is -1.92. The standard InChI is InChI=1S/C18H23N3O2S/c1-12-7-9-21(10-8-12)11-16-17(20-18(23)24-16)14-3-5-15(6-4-14)19-13(2)22/h3-6,12H,7-11H2,1-2H3,(H,19,22)(H,20,23). The van der Waals surface area contributed by atoms with Crippen LogP contribution in [0.1, 0.15) is 31.6 Å². The molecule has 1 aromatic heterocycles. The van der Waals surface area contributed by atoms with Crippen molar-refractivity contribution in [3.05, 3.63) is 38.8 Å². The predicted octanol–water partition coefficient (Wildman–Crippen LogP) is 3.29. The second kappa shape index (κ2) is 7.32. The van der Waals surface area contributed by atoms with Crippen molar-refractivity contribution in [2.24, 2.45) is 5.92 Å². The van der Waals surface area contributed by atoms with Crippen LogP contribution in [-0.2, 0) is 11.3 Å². The first-order valence-corrected chi connectivity index (χ1v) is 9.15. The van der Waals surface area contributed by atoms with Crippen molar-refractivity contribution in [2.75, 3.05) is 18.4 Å². The molecule has 24 heavy (non-hydrogen) atoms. The summed E-state index contributed by atoms with van der Waals surface area (Å²) in [5.74, 6) is 0.707. The van der Waals surface area contributed by atoms with E-state index in [1.54, 1.807) is 0 Å². The van der Waals surface area contributed by atoms with Crippen LogP contribution in [0.3, 0.4) is 0 Å². The molecular formula is C18H23N3O2S. The highest BCUT2D eigenvalue weighted by Crippen LogP contribution is 2.27. The molecule has 0 atom stereocenters. The number of aromatic nitrogens is 1. The van der Waals surface area contributed by atoms with Crippen molar-refractivity contribution in [2.45, 2.75) is 33.2 Å². The Bertz CT molecular complexity index is 755. The zero-order valence-corrected chi connectivity index (χ0v) is 14.9. The minimum Gasteiger partial charge on any atom is -0.326 e. The van der Waals surface area contributed by atoms with E-state index in [4.69, 9.17) is 0 Å². The van der Waals surface area contributed by atoms with Crippen LogP contribution in [0.4, 0.5) is 5.69 Å². The fourth-order valence-electron chi connectivity index (χ4n) is 3.05. The number of nitrogens with zero attached hydrogens (tertiary/aromatic N) is 1. The van der Waals surface area contributed by atoms with Crippen molar-refractivity contribution in [1.82, 2.24) is 9.88 Å². The lowest BCUT2D eigenvalue weighted by Crippen LogP contribution is -2.32. The van der Waals surface area contributed by atoms with Gasteiger partial charge in [0.2, 0.25) is 5.91 Å². The number of thiazole rings is 1. The number of aromatic amines is 1. The molecule has 0 spiro atoms. The van der Waals surface area contributed by atoms with Gasteiger partial charge in [0.05, 0.1) is 5.69 Å². The van der Waals surface area contributed by atoms with Crippen LogP contribution in [0.25, 0.3) is 11.3 Å². The van der Waals surface area contributed by atoms with Gasteiger partial charge in [-0.3, -0.25) is 14.5 Å². The maximum atomic E-state index is 11.9. The van der Waals surface area contributed by atoms with Gasteiger partial charge in [-0.1, -0.05) is 30.4 Å². The van der Waals surface area contributed by atoms with E-state index >= 15 is 0 Å². The van der Waals surface area contributed by atoms with Crippen molar-refractivity contribution in [1.29, 1.82) is 0 Å². The summed E-state index contributed by atoms with van der Waals surface area (Å²) >= 11 is 1.30. The van der Waals surface area contributed by atoms with Gasteiger partial charge in [0.15, 0.2) is 0 Å². The zero-order chi connectivity index (χ0) is 17.1. The summed E-state index contributed by atoms with van der Waals surface area (Å²) in [5.41, 5.74) is 2.64. The molecule has 1 amide bonds. The predicted molar refractivity (Wildman–Crippen MR) is 98.4 cm³/mol. The molecule has 1 aliphatic rings. The lowest BCUT2D eigenvalue weighted by molar-refractivity contribution is -0.114. The Morgan fingerprint density at radius 3 is 2.58 bits per heavy atom. The number of hydrogen-bond acceptors (Lipinski definition) is 4. The SMILES string of the molecule is CC(=O)Nc1ccc(-c2[nH]c(=O)sc2CN2CCC(C)CC2)cc1. The van der Waals surface area contributed by atoms with Crippen molar-refractivity contribution >= 4 is 22.9 Å². The third-order valence-corrected chi connectivity index (χ3v) is 5.33. The van der Waals surface area contributed by atoms with Gasteiger partial charge < -0.3 is 10.3 Å². The maximum absolute atomic E-state index is 11.9. The van der Waals surface area contributed by atoms with Gasteiger partial charge in [0.1, 0.15) is 0 Å². The van der Waals surface area contributed by atoms with E-state index in [0.29, 0.717) is 0 Å². The molecule has 2 aromatic rings. The number of hydrogen-bond donors (Lipinski definition) is 2. The van der Waals surface area contributed by atoms with Crippen LogP contribution >= 0.6 is 11.3 Å². The Kier molecular flexibility index (Phi) is 5.16. The normalized spacial score (nSPS) is 16.2. The zero-order valence-electron chi connectivity index (χ0n) is 14.1. The van der Waals surface area contributed by atoms with E-state index in [1.165, 1.54) is 31.1 Å². The fourth-order valence-corrected chi connectivity index (χ4v) is 3.95. The number of rotatable bonds is 4. The number of benzene rings is 1. The van der Waals surface area contributed by atoms with Crippen molar-refractivity contribution < 1.29 is 4.79 Å². The van der Waals surface area contributed by atoms with Gasteiger partial charge in [-0.25, -0.2) is 0 Å². The van der Waals surface area contributed by atoms with E-state index in [9.17, 15) is 9.59 Å². The van der Waals surface area contributed by atoms with Crippen LogP contribution in [0, 0.1) is 5.92 Å². The molecular weight excluding hydrogens is 322 g/mol. The van der Waals surface area contributed by atoms with Crippen LogP contribution < -0.4 is 10.2 Å². The lowest BCUT2D eigenvalue weighted by Gasteiger charge is -2.29.